The third-order valence-corrected chi connectivity index (χ3v) is 2.84. The van der Waals surface area contributed by atoms with E-state index in [4.69, 9.17) is 0 Å². The molecule has 4 nitrogen and oxygen atoms in total. The summed E-state index contributed by atoms with van der Waals surface area (Å²) in [5.41, 5.74) is 2.91. The highest BCUT2D eigenvalue weighted by Crippen LogP contribution is 2.07. The minimum absolute atomic E-state index is 0.0127. The van der Waals surface area contributed by atoms with Crippen molar-refractivity contribution in [2.75, 3.05) is 5.32 Å². The van der Waals surface area contributed by atoms with Gasteiger partial charge >= 0.3 is 0 Å². The van der Waals surface area contributed by atoms with Crippen LogP contribution in [0.5, 0.6) is 0 Å². The number of nitrogens with one attached hydrogen (secondary N) is 1. The first kappa shape index (κ1) is 13.2. The molecule has 1 N–H and O–H groups in total. The fourth-order valence-electron chi connectivity index (χ4n) is 1.76. The Bertz CT molecular complexity index is 564. The summed E-state index contributed by atoms with van der Waals surface area (Å²) < 4.78 is 2.00. The van der Waals surface area contributed by atoms with E-state index in [-0.39, 0.29) is 5.91 Å². The van der Waals surface area contributed by atoms with Gasteiger partial charge in [-0.05, 0) is 31.5 Å². The predicted octanol–water partition coefficient (Wildman–Crippen LogP) is 2.01. The highest BCUT2D eigenvalue weighted by atomic mass is 16.1. The summed E-state index contributed by atoms with van der Waals surface area (Å²) in [5.74, 6) is 0.0127. The van der Waals surface area contributed by atoms with Crippen molar-refractivity contribution in [2.24, 2.45) is 0 Å². The minimum atomic E-state index is 0.0127. The van der Waals surface area contributed by atoms with Crippen LogP contribution < -0.4 is 9.88 Å². The Morgan fingerprint density at radius 3 is 2.68 bits per heavy atom. The van der Waals surface area contributed by atoms with Crippen LogP contribution in [0.2, 0.25) is 0 Å². The van der Waals surface area contributed by atoms with E-state index in [1.54, 1.807) is 12.3 Å². The van der Waals surface area contributed by atoms with Gasteiger partial charge in [0.25, 0.3) is 0 Å². The topological polar surface area (TPSA) is 45.9 Å². The van der Waals surface area contributed by atoms with Crippen molar-refractivity contribution in [1.82, 2.24) is 4.98 Å². The van der Waals surface area contributed by atoms with Crippen molar-refractivity contribution in [3.05, 3.63) is 54.1 Å². The molecule has 2 aromatic heterocycles. The van der Waals surface area contributed by atoms with Crippen LogP contribution in [0.25, 0.3) is 0 Å². The van der Waals surface area contributed by atoms with E-state index >= 15 is 0 Å². The molecule has 19 heavy (non-hydrogen) atoms. The second-order valence-corrected chi connectivity index (χ2v) is 4.60. The number of carbonyl (C=O) groups is 1. The van der Waals surface area contributed by atoms with Gasteiger partial charge in [0, 0.05) is 29.7 Å². The molecule has 0 saturated carbocycles. The molecule has 0 aliphatic rings. The summed E-state index contributed by atoms with van der Waals surface area (Å²) in [5, 5.41) is 2.87. The maximum absolute atomic E-state index is 11.8. The molecule has 1 amide bonds. The lowest BCUT2D eigenvalue weighted by Crippen LogP contribution is -2.34. The highest BCUT2D eigenvalue weighted by Gasteiger charge is 2.07. The van der Waals surface area contributed by atoms with E-state index in [0.717, 1.165) is 11.4 Å². The number of rotatable bonds is 4. The number of hydrogen-bond donors (Lipinski definition) is 1. The van der Waals surface area contributed by atoms with Crippen molar-refractivity contribution in [2.45, 2.75) is 26.8 Å². The first-order valence-corrected chi connectivity index (χ1v) is 6.32. The molecule has 0 spiro atoms. The van der Waals surface area contributed by atoms with E-state index in [9.17, 15) is 4.79 Å². The number of nitrogens with zero attached hydrogens (tertiary/aromatic N) is 2. The third kappa shape index (κ3) is 4.17. The molecule has 0 atom stereocenters. The van der Waals surface area contributed by atoms with Crippen molar-refractivity contribution < 1.29 is 9.36 Å². The zero-order valence-electron chi connectivity index (χ0n) is 11.3. The first-order valence-electron chi connectivity index (χ1n) is 6.32. The van der Waals surface area contributed by atoms with E-state index < -0.39 is 0 Å². The van der Waals surface area contributed by atoms with Crippen molar-refractivity contribution >= 4 is 11.6 Å². The van der Waals surface area contributed by atoms with Gasteiger partial charge in [-0.1, -0.05) is 0 Å². The predicted molar refractivity (Wildman–Crippen MR) is 73.6 cm³/mol. The molecule has 0 aromatic carbocycles. The molecule has 2 heterocycles. The molecule has 2 rings (SSSR count). The SMILES string of the molecule is Cc1cc[n+](CCC(=O)Nc2ccnc(C)c2)cc1. The van der Waals surface area contributed by atoms with E-state index in [2.05, 4.69) is 10.3 Å². The van der Waals surface area contributed by atoms with Gasteiger partial charge in [0.1, 0.15) is 0 Å². The second kappa shape index (κ2) is 6.09. The van der Waals surface area contributed by atoms with Gasteiger partial charge < -0.3 is 5.32 Å². The fraction of sp³-hybridized carbons (Fsp3) is 0.267. The molecule has 0 fully saturated rings. The van der Waals surface area contributed by atoms with Gasteiger partial charge in [-0.25, -0.2) is 4.57 Å². The van der Waals surface area contributed by atoms with Gasteiger partial charge in [0.05, 0.1) is 6.42 Å². The summed E-state index contributed by atoms with van der Waals surface area (Å²) in [7, 11) is 0. The van der Waals surface area contributed by atoms with Gasteiger partial charge in [0.15, 0.2) is 18.9 Å². The number of carbonyl (C=O) groups excluding carboxylic acids is 1. The number of pyridine rings is 2. The number of hydrogen-bond acceptors (Lipinski definition) is 2. The lowest BCUT2D eigenvalue weighted by molar-refractivity contribution is -0.695. The Morgan fingerprint density at radius 1 is 1.26 bits per heavy atom. The number of aryl methyl sites for hydroxylation is 3. The van der Waals surface area contributed by atoms with Crippen LogP contribution in [0.15, 0.2) is 42.9 Å². The summed E-state index contributed by atoms with van der Waals surface area (Å²) in [6, 6.07) is 7.72. The lowest BCUT2D eigenvalue weighted by Gasteiger charge is -2.04. The second-order valence-electron chi connectivity index (χ2n) is 4.60. The zero-order valence-corrected chi connectivity index (χ0v) is 11.3. The molecule has 2 aromatic rings. The highest BCUT2D eigenvalue weighted by molar-refractivity contribution is 5.90. The van der Waals surface area contributed by atoms with Gasteiger partial charge in [-0.15, -0.1) is 0 Å². The fourth-order valence-corrected chi connectivity index (χ4v) is 1.76. The number of amides is 1. The van der Waals surface area contributed by atoms with Gasteiger partial charge in [-0.2, -0.15) is 0 Å². The van der Waals surface area contributed by atoms with Crippen LogP contribution in [0, 0.1) is 13.8 Å². The molecule has 0 unspecified atom stereocenters. The van der Waals surface area contributed by atoms with Gasteiger partial charge in [0.2, 0.25) is 5.91 Å². The summed E-state index contributed by atoms with van der Waals surface area (Å²) >= 11 is 0. The zero-order chi connectivity index (χ0) is 13.7. The van der Waals surface area contributed by atoms with E-state index in [1.807, 2.05) is 49.0 Å². The summed E-state index contributed by atoms with van der Waals surface area (Å²) in [4.78, 5) is 15.9. The molecule has 0 bridgehead atoms. The summed E-state index contributed by atoms with van der Waals surface area (Å²) in [6.45, 7) is 4.62. The molecular formula is C15H18N3O+. The Balaban J connectivity index is 1.86. The number of anilines is 1. The smallest absolute Gasteiger partial charge is 0.230 e. The normalized spacial score (nSPS) is 10.2. The molecule has 0 aliphatic heterocycles. The third-order valence-electron chi connectivity index (χ3n) is 2.84. The van der Waals surface area contributed by atoms with E-state index in [0.29, 0.717) is 13.0 Å². The molecule has 4 heteroatoms. The molecular weight excluding hydrogens is 238 g/mol. The Morgan fingerprint density at radius 2 is 2.00 bits per heavy atom. The standard InChI is InChI=1S/C15H17N3O/c1-12-4-8-18(9-5-12)10-6-15(19)17-14-3-7-16-13(2)11-14/h3-5,7-9,11H,6,10H2,1-2H3/p+1. The minimum Gasteiger partial charge on any atom is -0.326 e. The Hall–Kier alpha value is -2.23. The molecule has 98 valence electrons. The largest absolute Gasteiger partial charge is 0.326 e. The van der Waals surface area contributed by atoms with Crippen molar-refractivity contribution in [3.63, 3.8) is 0 Å². The molecule has 0 radical (unpaired) electrons. The van der Waals surface area contributed by atoms with Crippen LogP contribution in [-0.2, 0) is 11.3 Å². The maximum Gasteiger partial charge on any atom is 0.230 e. The first-order chi connectivity index (χ1) is 9.13. The lowest BCUT2D eigenvalue weighted by atomic mass is 10.3. The van der Waals surface area contributed by atoms with Crippen LogP contribution in [-0.4, -0.2) is 10.9 Å². The molecule has 0 saturated heterocycles. The van der Waals surface area contributed by atoms with Crippen LogP contribution >= 0.6 is 0 Å². The average molecular weight is 256 g/mol. The monoisotopic (exact) mass is 256 g/mol. The quantitative estimate of drug-likeness (QED) is 0.851. The molecule has 0 aliphatic carbocycles. The summed E-state index contributed by atoms with van der Waals surface area (Å²) in [6.07, 6.45) is 6.12. The van der Waals surface area contributed by atoms with Crippen molar-refractivity contribution in [1.29, 1.82) is 0 Å². The van der Waals surface area contributed by atoms with Crippen LogP contribution in [0.1, 0.15) is 17.7 Å². The average Bonchev–Trinajstić information content (AvgIpc) is 2.38. The van der Waals surface area contributed by atoms with E-state index in [1.165, 1.54) is 5.56 Å². The maximum atomic E-state index is 11.8. The van der Waals surface area contributed by atoms with Gasteiger partial charge in [-0.3, -0.25) is 9.78 Å². The van der Waals surface area contributed by atoms with Crippen molar-refractivity contribution in [3.8, 4) is 0 Å². The number of aromatic nitrogens is 2. The van der Waals surface area contributed by atoms with Crippen LogP contribution in [0.4, 0.5) is 5.69 Å². The van der Waals surface area contributed by atoms with Crippen LogP contribution in [0.3, 0.4) is 0 Å². The Kier molecular flexibility index (Phi) is 4.23. The Labute approximate surface area is 113 Å².